The summed E-state index contributed by atoms with van der Waals surface area (Å²) < 4.78 is 32.6. The van der Waals surface area contributed by atoms with E-state index in [0.29, 0.717) is 22.1 Å². The Labute approximate surface area is 160 Å². The number of thioether (sulfide) groups is 1. The zero-order valence-electron chi connectivity index (χ0n) is 13.9. The summed E-state index contributed by atoms with van der Waals surface area (Å²) in [7, 11) is 0. The van der Waals surface area contributed by atoms with Crippen molar-refractivity contribution in [3.05, 3.63) is 58.6 Å². The Morgan fingerprint density at radius 3 is 2.62 bits per heavy atom. The fourth-order valence-electron chi connectivity index (χ4n) is 2.65. The zero-order valence-corrected chi connectivity index (χ0v) is 15.5. The molecule has 0 spiro atoms. The minimum absolute atomic E-state index is 0.0744. The number of halogens is 3. The molecule has 0 unspecified atom stereocenters. The molecule has 1 aliphatic rings. The summed E-state index contributed by atoms with van der Waals surface area (Å²) in [5, 5.41) is 2.57. The summed E-state index contributed by atoms with van der Waals surface area (Å²) in [6.07, 6.45) is 1.94. The molecule has 2 aromatic carbocycles. The first-order chi connectivity index (χ1) is 12.5. The number of rotatable bonds is 5. The van der Waals surface area contributed by atoms with Crippen molar-refractivity contribution in [3.8, 4) is 0 Å². The molecule has 0 aromatic heterocycles. The van der Waals surface area contributed by atoms with Crippen molar-refractivity contribution in [2.24, 2.45) is 5.92 Å². The normalized spacial score (nSPS) is 15.0. The van der Waals surface area contributed by atoms with E-state index in [2.05, 4.69) is 5.32 Å². The number of anilines is 1. The van der Waals surface area contributed by atoms with E-state index < -0.39 is 11.7 Å². The summed E-state index contributed by atoms with van der Waals surface area (Å²) in [6.45, 7) is 1.49. The van der Waals surface area contributed by atoms with Crippen molar-refractivity contribution in [2.45, 2.75) is 17.7 Å². The molecule has 0 saturated carbocycles. The summed E-state index contributed by atoms with van der Waals surface area (Å²) in [6, 6.07) is 8.19. The third kappa shape index (κ3) is 4.96. The minimum atomic E-state index is -0.557. The average molecular weight is 398 g/mol. The number of hydrogen-bond acceptors (Lipinski definition) is 3. The molecule has 0 bridgehead atoms. The van der Waals surface area contributed by atoms with E-state index in [4.69, 9.17) is 16.3 Å². The minimum Gasteiger partial charge on any atom is -0.381 e. The molecule has 7 heteroatoms. The number of carbonyl (C=O) groups excluding carboxylic acids is 1. The van der Waals surface area contributed by atoms with Crippen LogP contribution in [0.1, 0.15) is 23.2 Å². The van der Waals surface area contributed by atoms with Gasteiger partial charge in [0.05, 0.1) is 5.02 Å². The van der Waals surface area contributed by atoms with Gasteiger partial charge in [0.1, 0.15) is 11.6 Å². The van der Waals surface area contributed by atoms with Crippen LogP contribution in [0.3, 0.4) is 0 Å². The van der Waals surface area contributed by atoms with Crippen LogP contribution in [0, 0.1) is 17.6 Å². The van der Waals surface area contributed by atoms with Gasteiger partial charge in [0.15, 0.2) is 0 Å². The summed E-state index contributed by atoms with van der Waals surface area (Å²) in [5.74, 6) is -0.0203. The van der Waals surface area contributed by atoms with Gasteiger partial charge in [-0.25, -0.2) is 8.78 Å². The molecular weight excluding hydrogens is 380 g/mol. The third-order valence-corrected chi connectivity index (χ3v) is 5.74. The molecule has 1 saturated heterocycles. The van der Waals surface area contributed by atoms with Crippen LogP contribution in [0.15, 0.2) is 41.3 Å². The van der Waals surface area contributed by atoms with Gasteiger partial charge in [-0.05, 0) is 55.2 Å². The molecule has 0 radical (unpaired) electrons. The molecule has 1 N–H and O–H groups in total. The number of carbonyl (C=O) groups is 1. The van der Waals surface area contributed by atoms with Crippen LogP contribution in [0.4, 0.5) is 14.5 Å². The second-order valence-corrected chi connectivity index (χ2v) is 7.56. The topological polar surface area (TPSA) is 38.3 Å². The summed E-state index contributed by atoms with van der Waals surface area (Å²) >= 11 is 7.13. The lowest BCUT2D eigenvalue weighted by atomic mass is 10.0. The maximum absolute atomic E-state index is 14.1. The van der Waals surface area contributed by atoms with E-state index in [9.17, 15) is 13.6 Å². The molecule has 1 amide bonds. The summed E-state index contributed by atoms with van der Waals surface area (Å²) in [4.78, 5) is 12.8. The number of benzene rings is 2. The van der Waals surface area contributed by atoms with Crippen molar-refractivity contribution in [2.75, 3.05) is 24.3 Å². The quantitative estimate of drug-likeness (QED) is 0.687. The number of ether oxygens (including phenoxy) is 1. The van der Waals surface area contributed by atoms with Gasteiger partial charge < -0.3 is 10.1 Å². The molecule has 138 valence electrons. The van der Waals surface area contributed by atoms with E-state index in [1.165, 1.54) is 42.1 Å². The van der Waals surface area contributed by atoms with Crippen LogP contribution in [-0.4, -0.2) is 24.9 Å². The van der Waals surface area contributed by atoms with E-state index in [-0.39, 0.29) is 10.8 Å². The van der Waals surface area contributed by atoms with Gasteiger partial charge >= 0.3 is 0 Å². The monoisotopic (exact) mass is 397 g/mol. The van der Waals surface area contributed by atoms with Gasteiger partial charge in [0.2, 0.25) is 0 Å². The first-order valence-corrected chi connectivity index (χ1v) is 9.66. The van der Waals surface area contributed by atoms with Crippen LogP contribution < -0.4 is 5.32 Å². The zero-order chi connectivity index (χ0) is 18.5. The molecule has 0 aliphatic carbocycles. The van der Waals surface area contributed by atoms with Crippen molar-refractivity contribution in [1.82, 2.24) is 0 Å². The third-order valence-electron chi connectivity index (χ3n) is 4.19. The Kier molecular flexibility index (Phi) is 6.51. The molecule has 0 atom stereocenters. The van der Waals surface area contributed by atoms with Crippen LogP contribution in [-0.2, 0) is 4.74 Å². The average Bonchev–Trinajstić information content (AvgIpc) is 2.65. The Morgan fingerprint density at radius 2 is 1.88 bits per heavy atom. The van der Waals surface area contributed by atoms with E-state index in [1.54, 1.807) is 6.07 Å². The fourth-order valence-corrected chi connectivity index (χ4v) is 4.00. The lowest BCUT2D eigenvalue weighted by Crippen LogP contribution is -2.17. The van der Waals surface area contributed by atoms with Gasteiger partial charge in [-0.1, -0.05) is 11.6 Å². The molecule has 26 heavy (non-hydrogen) atoms. The van der Waals surface area contributed by atoms with E-state index >= 15 is 0 Å². The highest BCUT2D eigenvalue weighted by Gasteiger charge is 2.16. The van der Waals surface area contributed by atoms with Crippen molar-refractivity contribution < 1.29 is 18.3 Å². The van der Waals surface area contributed by atoms with Gasteiger partial charge in [-0.2, -0.15) is 0 Å². The van der Waals surface area contributed by atoms with Gasteiger partial charge in [0, 0.05) is 35.1 Å². The highest BCUT2D eigenvalue weighted by molar-refractivity contribution is 7.99. The molecular formula is C19H18ClF2NO2S. The van der Waals surface area contributed by atoms with Crippen molar-refractivity contribution in [3.63, 3.8) is 0 Å². The highest BCUT2D eigenvalue weighted by Crippen LogP contribution is 2.29. The molecule has 1 aliphatic heterocycles. The second kappa shape index (κ2) is 8.84. The Morgan fingerprint density at radius 1 is 1.15 bits per heavy atom. The summed E-state index contributed by atoms with van der Waals surface area (Å²) in [5.41, 5.74) is 0.712. The SMILES string of the molecule is O=C(Nc1ccc(F)c(Cl)c1)c1ccc(F)c(SCC2CCOCC2)c1. The van der Waals surface area contributed by atoms with E-state index in [0.717, 1.165) is 31.8 Å². The second-order valence-electron chi connectivity index (χ2n) is 6.09. The lowest BCUT2D eigenvalue weighted by Gasteiger charge is -2.21. The molecule has 3 nitrogen and oxygen atoms in total. The fraction of sp³-hybridized carbons (Fsp3) is 0.316. The van der Waals surface area contributed by atoms with Gasteiger partial charge in [-0.15, -0.1) is 11.8 Å². The first-order valence-electron chi connectivity index (χ1n) is 8.29. The Hall–Kier alpha value is -1.63. The molecule has 1 fully saturated rings. The number of nitrogens with one attached hydrogen (secondary N) is 1. The van der Waals surface area contributed by atoms with Crippen molar-refractivity contribution in [1.29, 1.82) is 0 Å². The Bertz CT molecular complexity index is 797. The maximum atomic E-state index is 14.1. The molecule has 3 rings (SSSR count). The number of amides is 1. The van der Waals surface area contributed by atoms with Crippen LogP contribution in [0.2, 0.25) is 5.02 Å². The smallest absolute Gasteiger partial charge is 0.255 e. The van der Waals surface area contributed by atoms with Crippen molar-refractivity contribution >= 4 is 35.0 Å². The van der Waals surface area contributed by atoms with Crippen LogP contribution in [0.25, 0.3) is 0 Å². The highest BCUT2D eigenvalue weighted by atomic mass is 35.5. The van der Waals surface area contributed by atoms with Gasteiger partial charge in [-0.3, -0.25) is 4.79 Å². The lowest BCUT2D eigenvalue weighted by molar-refractivity contribution is 0.0728. The number of hydrogen-bond donors (Lipinski definition) is 1. The first kappa shape index (κ1) is 19.1. The standard InChI is InChI=1S/C19H18ClF2NO2S/c20-15-10-14(2-4-16(15)21)23-19(24)13-1-3-17(22)18(9-13)26-11-12-5-7-25-8-6-12/h1-4,9-10,12H,5-8,11H2,(H,23,24). The predicted octanol–water partition coefficient (Wildman–Crippen LogP) is 5.39. The maximum Gasteiger partial charge on any atom is 0.255 e. The molecule has 1 heterocycles. The Balaban J connectivity index is 1.67. The van der Waals surface area contributed by atoms with Gasteiger partial charge in [0.25, 0.3) is 5.91 Å². The largest absolute Gasteiger partial charge is 0.381 e. The van der Waals surface area contributed by atoms with Crippen LogP contribution in [0.5, 0.6) is 0 Å². The predicted molar refractivity (Wildman–Crippen MR) is 100 cm³/mol. The molecule has 2 aromatic rings. The van der Waals surface area contributed by atoms with E-state index in [1.807, 2.05) is 0 Å². The van der Waals surface area contributed by atoms with Crippen LogP contribution >= 0.6 is 23.4 Å².